The Morgan fingerprint density at radius 2 is 1.85 bits per heavy atom. The number of nitrogens with one attached hydrogen (secondary N) is 1. The number of hydrogen-bond acceptors (Lipinski definition) is 14. The van der Waals surface area contributed by atoms with Crippen LogP contribution in [0, 0.1) is 31.1 Å². The lowest BCUT2D eigenvalue weighted by atomic mass is 9.71. The summed E-state index contributed by atoms with van der Waals surface area (Å²) in [5.41, 5.74) is 4.80. The van der Waals surface area contributed by atoms with Crippen LogP contribution in [0.1, 0.15) is 77.9 Å². The Labute approximate surface area is 313 Å². The fraction of sp³-hybridized carbons (Fsp3) is 0.579. The lowest BCUT2D eigenvalue weighted by Crippen LogP contribution is -2.69. The highest BCUT2D eigenvalue weighted by atomic mass is 32.2. The molecule has 15 heteroatoms. The highest BCUT2D eigenvalue weighted by Gasteiger charge is 2.61. The van der Waals surface area contributed by atoms with E-state index in [2.05, 4.69) is 27.3 Å². The van der Waals surface area contributed by atoms with E-state index in [9.17, 15) is 19.6 Å². The topological polar surface area (TPSA) is 158 Å². The standard InChI is InChI=1S/C38H46N4O10S/c1-17(2)9-26(44)40-22-14-53-37-29-28(36-34(50-16-51-36)19(4)33(29)52-20(5)43)25(13-48-38(22)45)42-24(12-39)23-11-21-10-18(3)32(47-8)35(49-15-46-7)27(21)30(31(37)42)41(23)6/h10,17,22-25,30-31,37H,9,11,13-16H2,1-8H3,(H,40,44)/t22-,23+,24-,25+,30+,31?,37+/m0/s1. The van der Waals surface area contributed by atoms with Crippen LogP contribution in [0.4, 0.5) is 0 Å². The van der Waals surface area contributed by atoms with Crippen LogP contribution in [0.15, 0.2) is 6.07 Å². The van der Waals surface area contributed by atoms with Gasteiger partial charge in [-0.2, -0.15) is 5.26 Å². The molecular weight excluding hydrogens is 705 g/mol. The van der Waals surface area contributed by atoms with Gasteiger partial charge in [0.1, 0.15) is 24.4 Å². The molecule has 2 aromatic rings. The fourth-order valence-electron chi connectivity index (χ4n) is 8.93. The number of cyclic esters (lactones) is 1. The molecule has 53 heavy (non-hydrogen) atoms. The summed E-state index contributed by atoms with van der Waals surface area (Å²) in [6, 6.07) is 1.32. The van der Waals surface area contributed by atoms with E-state index >= 15 is 0 Å². The molecule has 1 amide bonds. The molecule has 0 aromatic heterocycles. The molecule has 5 aliphatic heterocycles. The zero-order valence-electron chi connectivity index (χ0n) is 31.3. The van der Waals surface area contributed by atoms with Gasteiger partial charge >= 0.3 is 11.9 Å². The third kappa shape index (κ3) is 6.13. The number of thioether (sulfide) groups is 1. The quantitative estimate of drug-likeness (QED) is 0.234. The summed E-state index contributed by atoms with van der Waals surface area (Å²) in [6.45, 7) is 8.81. The minimum atomic E-state index is -0.947. The molecule has 2 aromatic carbocycles. The summed E-state index contributed by atoms with van der Waals surface area (Å²) in [4.78, 5) is 44.1. The minimum Gasteiger partial charge on any atom is -0.493 e. The first-order chi connectivity index (χ1) is 25.4. The largest absolute Gasteiger partial charge is 0.493 e. The molecule has 0 aliphatic carbocycles. The third-order valence-corrected chi connectivity index (χ3v) is 12.3. The van der Waals surface area contributed by atoms with E-state index in [4.69, 9.17) is 33.2 Å². The molecule has 4 bridgehead atoms. The number of nitriles is 1. The molecule has 0 spiro atoms. The first kappa shape index (κ1) is 37.1. The summed E-state index contributed by atoms with van der Waals surface area (Å²) < 4.78 is 42.1. The number of hydrogen-bond donors (Lipinski definition) is 1. The Morgan fingerprint density at radius 1 is 1.09 bits per heavy atom. The lowest BCUT2D eigenvalue weighted by molar-refractivity contribution is -0.152. The zero-order chi connectivity index (χ0) is 37.9. The van der Waals surface area contributed by atoms with Crippen molar-refractivity contribution in [3.63, 3.8) is 0 Å². The summed E-state index contributed by atoms with van der Waals surface area (Å²) in [5.74, 6) is 1.31. The van der Waals surface area contributed by atoms with Gasteiger partial charge < -0.3 is 38.5 Å². The van der Waals surface area contributed by atoms with E-state index in [1.807, 2.05) is 34.7 Å². The van der Waals surface area contributed by atoms with Crippen molar-refractivity contribution in [2.45, 2.75) is 89.0 Å². The van der Waals surface area contributed by atoms with Crippen LogP contribution in [0.3, 0.4) is 0 Å². The number of methoxy groups -OCH3 is 2. The average Bonchev–Trinajstić information content (AvgIpc) is 3.60. The van der Waals surface area contributed by atoms with Gasteiger partial charge in [0.2, 0.25) is 12.7 Å². The Morgan fingerprint density at radius 3 is 2.53 bits per heavy atom. The first-order valence-corrected chi connectivity index (χ1v) is 18.9. The number of nitrogens with zero attached hydrogens (tertiary/aromatic N) is 3. The molecule has 5 heterocycles. The molecule has 7 atom stereocenters. The normalized spacial score (nSPS) is 27.2. The van der Waals surface area contributed by atoms with Crippen molar-refractivity contribution in [3.8, 4) is 34.8 Å². The number of piperazine rings is 1. The number of benzene rings is 2. The number of amides is 1. The van der Waals surface area contributed by atoms with Gasteiger partial charge in [-0.1, -0.05) is 19.9 Å². The summed E-state index contributed by atoms with van der Waals surface area (Å²) >= 11 is 1.45. The molecule has 0 saturated carbocycles. The Hall–Kier alpha value is -4.23. The van der Waals surface area contributed by atoms with Crippen molar-refractivity contribution in [3.05, 3.63) is 39.4 Å². The number of carbonyl (C=O) groups excluding carboxylic acids is 3. The van der Waals surface area contributed by atoms with Crippen LogP contribution in [0.25, 0.3) is 0 Å². The van der Waals surface area contributed by atoms with E-state index in [1.165, 1.54) is 18.7 Å². The Kier molecular flexibility index (Phi) is 10.2. The van der Waals surface area contributed by atoms with Crippen LogP contribution in [-0.4, -0.2) is 99.0 Å². The summed E-state index contributed by atoms with van der Waals surface area (Å²) in [7, 11) is 5.20. The van der Waals surface area contributed by atoms with E-state index < -0.39 is 41.4 Å². The molecule has 7 rings (SSSR count). The second kappa shape index (κ2) is 14.5. The zero-order valence-corrected chi connectivity index (χ0v) is 32.1. The molecule has 14 nitrogen and oxygen atoms in total. The van der Waals surface area contributed by atoms with Crippen LogP contribution >= 0.6 is 11.8 Å². The van der Waals surface area contributed by atoms with Gasteiger partial charge in [-0.25, -0.2) is 4.79 Å². The van der Waals surface area contributed by atoms with Crippen molar-refractivity contribution < 1.29 is 47.5 Å². The highest BCUT2D eigenvalue weighted by Crippen LogP contribution is 2.64. The lowest BCUT2D eigenvalue weighted by Gasteiger charge is -2.61. The summed E-state index contributed by atoms with van der Waals surface area (Å²) in [6.07, 6.45) is 0.794. The van der Waals surface area contributed by atoms with Crippen LogP contribution in [0.5, 0.6) is 28.7 Å². The number of aryl methyl sites for hydroxylation is 1. The number of fused-ring (bicyclic) bond motifs is 9. The molecule has 1 unspecified atom stereocenters. The number of ether oxygens (including phenoxy) is 7. The molecule has 0 radical (unpaired) electrons. The first-order valence-electron chi connectivity index (χ1n) is 17.8. The maximum Gasteiger partial charge on any atom is 0.329 e. The number of carbonyl (C=O) groups is 3. The monoisotopic (exact) mass is 750 g/mol. The van der Waals surface area contributed by atoms with Crippen molar-refractivity contribution in [2.24, 2.45) is 5.92 Å². The second-order valence-corrected chi connectivity index (χ2v) is 15.8. The van der Waals surface area contributed by atoms with Crippen molar-refractivity contribution >= 4 is 29.6 Å². The second-order valence-electron chi connectivity index (χ2n) is 14.6. The van der Waals surface area contributed by atoms with E-state index in [0.29, 0.717) is 51.9 Å². The smallest absolute Gasteiger partial charge is 0.329 e. The van der Waals surface area contributed by atoms with E-state index in [1.54, 1.807) is 14.2 Å². The Balaban J connectivity index is 1.50. The van der Waals surface area contributed by atoms with Gasteiger partial charge in [0.25, 0.3) is 0 Å². The SMILES string of the molecule is COCOc1c(OC)c(C)cc2c1[C@@H]1C3[C@@H]4SC[C@H](NC(=O)CC(C)C)C(=O)OC[C@H](c5c6c(c(C)c(OC(C)=O)c54)OCO6)N3[C@@H](C#N)[C@@H](C2)N1C. The van der Waals surface area contributed by atoms with E-state index in [0.717, 1.165) is 16.7 Å². The molecular formula is C38H46N4O10S. The maximum absolute atomic E-state index is 13.8. The third-order valence-electron chi connectivity index (χ3n) is 10.9. The minimum absolute atomic E-state index is 0.0159. The van der Waals surface area contributed by atoms with Gasteiger partial charge in [-0.3, -0.25) is 19.4 Å². The van der Waals surface area contributed by atoms with Gasteiger partial charge in [0.05, 0.1) is 30.5 Å². The highest BCUT2D eigenvalue weighted by molar-refractivity contribution is 7.99. The predicted octanol–water partition coefficient (Wildman–Crippen LogP) is 4.04. The number of rotatable bonds is 8. The molecule has 284 valence electrons. The molecule has 2 saturated heterocycles. The van der Waals surface area contributed by atoms with Crippen molar-refractivity contribution in [1.29, 1.82) is 5.26 Å². The van der Waals surface area contributed by atoms with E-state index in [-0.39, 0.29) is 56.3 Å². The predicted molar refractivity (Wildman–Crippen MR) is 192 cm³/mol. The molecule has 2 fully saturated rings. The molecule has 5 aliphatic rings. The van der Waals surface area contributed by atoms with Gasteiger partial charge in [-0.15, -0.1) is 11.8 Å². The number of esters is 2. The van der Waals surface area contributed by atoms with Crippen molar-refractivity contribution in [2.75, 3.05) is 47.2 Å². The summed E-state index contributed by atoms with van der Waals surface area (Å²) in [5, 5.41) is 13.5. The Bertz CT molecular complexity index is 1880. The maximum atomic E-state index is 13.8. The van der Waals surface area contributed by atoms with Crippen LogP contribution < -0.4 is 29.0 Å². The van der Waals surface area contributed by atoms with Crippen LogP contribution in [-0.2, 0) is 30.3 Å². The van der Waals surface area contributed by atoms with Gasteiger partial charge in [0, 0.05) is 60.5 Å². The number of likely N-dealkylation sites (N-methyl/N-ethyl adjacent to an activating group) is 1. The fourth-order valence-corrected chi connectivity index (χ4v) is 10.4. The molecule has 1 N–H and O–H groups in total. The van der Waals surface area contributed by atoms with Gasteiger partial charge in [0.15, 0.2) is 29.8 Å². The van der Waals surface area contributed by atoms with Gasteiger partial charge in [-0.05, 0) is 44.4 Å². The average molecular weight is 751 g/mol. The van der Waals surface area contributed by atoms with Crippen molar-refractivity contribution in [1.82, 2.24) is 15.1 Å². The van der Waals surface area contributed by atoms with Crippen LogP contribution in [0.2, 0.25) is 0 Å².